The molecule has 0 spiro atoms. The van der Waals surface area contributed by atoms with E-state index in [2.05, 4.69) is 70.6 Å². The number of aromatic nitrogens is 1. The molecule has 2 aromatic carbocycles. The monoisotopic (exact) mass is 342 g/mol. The van der Waals surface area contributed by atoms with E-state index < -0.39 is 0 Å². The van der Waals surface area contributed by atoms with Crippen molar-refractivity contribution < 1.29 is 4.74 Å². The summed E-state index contributed by atoms with van der Waals surface area (Å²) in [6.45, 7) is 2.58. The second-order valence-corrected chi connectivity index (χ2v) is 7.21. The lowest BCUT2D eigenvalue weighted by atomic mass is 9.87. The van der Waals surface area contributed by atoms with Crippen LogP contribution in [-0.2, 0) is 11.3 Å². The summed E-state index contributed by atoms with van der Waals surface area (Å²) in [7, 11) is 0. The Balaban J connectivity index is 1.50. The van der Waals surface area contributed by atoms with Crippen molar-refractivity contribution in [3.8, 4) is 0 Å². The zero-order chi connectivity index (χ0) is 17.3. The number of nitrogens with zero attached hydrogens (tertiary/aromatic N) is 2. The molecule has 2 aliphatic heterocycles. The van der Waals surface area contributed by atoms with Crippen molar-refractivity contribution in [3.05, 3.63) is 84.2 Å². The van der Waals surface area contributed by atoms with E-state index in [9.17, 15) is 0 Å². The molecule has 26 heavy (non-hydrogen) atoms. The van der Waals surface area contributed by atoms with Crippen LogP contribution in [-0.4, -0.2) is 35.2 Å². The standard InChI is InChI=1S/C23H22N2O/c1-2-5-17(6-3-1)14-25-20-11-19(12-21(25)16-26-15-20)22-8-4-7-18-13-24-10-9-23(18)22/h1-11,13,20-21H,12,14-16H2. The first kappa shape index (κ1) is 15.7. The smallest absolute Gasteiger partial charge is 0.0658 e. The number of morpholine rings is 1. The third-order valence-corrected chi connectivity index (χ3v) is 5.58. The van der Waals surface area contributed by atoms with Gasteiger partial charge in [0.15, 0.2) is 0 Å². The highest BCUT2D eigenvalue weighted by Crippen LogP contribution is 2.36. The summed E-state index contributed by atoms with van der Waals surface area (Å²) in [6, 6.07) is 20.2. The van der Waals surface area contributed by atoms with Crippen LogP contribution in [0.5, 0.6) is 0 Å². The molecule has 1 aromatic heterocycles. The first-order chi connectivity index (χ1) is 12.9. The Morgan fingerprint density at radius 3 is 2.81 bits per heavy atom. The molecule has 3 heteroatoms. The minimum absolute atomic E-state index is 0.342. The number of ether oxygens (including phenoxy) is 1. The Morgan fingerprint density at radius 2 is 1.92 bits per heavy atom. The van der Waals surface area contributed by atoms with Crippen LogP contribution in [0.2, 0.25) is 0 Å². The maximum Gasteiger partial charge on any atom is 0.0658 e. The summed E-state index contributed by atoms with van der Waals surface area (Å²) in [5.74, 6) is 0. The molecule has 2 atom stereocenters. The van der Waals surface area contributed by atoms with Crippen molar-refractivity contribution >= 4 is 16.3 Å². The van der Waals surface area contributed by atoms with Gasteiger partial charge in [-0.1, -0.05) is 54.6 Å². The lowest BCUT2D eigenvalue weighted by molar-refractivity contribution is -0.0402. The average molecular weight is 342 g/mol. The molecule has 0 amide bonds. The quantitative estimate of drug-likeness (QED) is 0.710. The van der Waals surface area contributed by atoms with Crippen LogP contribution >= 0.6 is 0 Å². The van der Waals surface area contributed by atoms with Gasteiger partial charge in [-0.3, -0.25) is 9.88 Å². The van der Waals surface area contributed by atoms with E-state index in [1.807, 2.05) is 12.4 Å². The molecular formula is C23H22N2O. The summed E-state index contributed by atoms with van der Waals surface area (Å²) < 4.78 is 5.88. The number of hydrogen-bond acceptors (Lipinski definition) is 3. The molecule has 0 aliphatic carbocycles. The average Bonchev–Trinajstić information content (AvgIpc) is 2.68. The Labute approximate surface area is 153 Å². The fourth-order valence-corrected chi connectivity index (χ4v) is 4.30. The molecule has 3 aromatic rings. The molecule has 130 valence electrons. The van der Waals surface area contributed by atoms with Crippen LogP contribution < -0.4 is 0 Å². The highest BCUT2D eigenvalue weighted by molar-refractivity contribution is 5.93. The molecule has 1 fully saturated rings. The van der Waals surface area contributed by atoms with Gasteiger partial charge in [0.2, 0.25) is 0 Å². The van der Waals surface area contributed by atoms with Crippen molar-refractivity contribution in [1.29, 1.82) is 0 Å². The molecule has 1 saturated heterocycles. The molecular weight excluding hydrogens is 320 g/mol. The van der Waals surface area contributed by atoms with E-state index in [0.29, 0.717) is 12.1 Å². The first-order valence-electron chi connectivity index (χ1n) is 9.30. The Hall–Kier alpha value is -2.49. The van der Waals surface area contributed by atoms with E-state index in [1.165, 1.54) is 27.5 Å². The Bertz CT molecular complexity index is 945. The Morgan fingerprint density at radius 1 is 1.00 bits per heavy atom. The zero-order valence-corrected chi connectivity index (χ0v) is 14.7. The summed E-state index contributed by atoms with van der Waals surface area (Å²) >= 11 is 0. The topological polar surface area (TPSA) is 25.4 Å². The highest BCUT2D eigenvalue weighted by atomic mass is 16.5. The van der Waals surface area contributed by atoms with Crippen molar-refractivity contribution in [3.63, 3.8) is 0 Å². The van der Waals surface area contributed by atoms with Gasteiger partial charge in [-0.05, 0) is 34.6 Å². The van der Waals surface area contributed by atoms with E-state index in [-0.39, 0.29) is 0 Å². The fraction of sp³-hybridized carbons (Fsp3) is 0.261. The third kappa shape index (κ3) is 2.83. The second-order valence-electron chi connectivity index (χ2n) is 7.21. The van der Waals surface area contributed by atoms with Crippen molar-refractivity contribution in [2.45, 2.75) is 25.0 Å². The van der Waals surface area contributed by atoms with E-state index >= 15 is 0 Å². The zero-order valence-electron chi connectivity index (χ0n) is 14.7. The molecule has 0 saturated carbocycles. The maximum absolute atomic E-state index is 5.88. The minimum Gasteiger partial charge on any atom is -0.378 e. The molecule has 2 aliphatic rings. The van der Waals surface area contributed by atoms with Gasteiger partial charge in [0, 0.05) is 30.4 Å². The van der Waals surface area contributed by atoms with Crippen LogP contribution in [0, 0.1) is 0 Å². The summed E-state index contributed by atoms with van der Waals surface area (Å²) in [6.07, 6.45) is 7.30. The third-order valence-electron chi connectivity index (χ3n) is 5.58. The normalized spacial score (nSPS) is 23.0. The van der Waals surface area contributed by atoms with Crippen LogP contribution in [0.4, 0.5) is 0 Å². The summed E-state index contributed by atoms with van der Waals surface area (Å²) in [5.41, 5.74) is 4.17. The van der Waals surface area contributed by atoms with Gasteiger partial charge >= 0.3 is 0 Å². The minimum atomic E-state index is 0.342. The predicted octanol–water partition coefficient (Wildman–Crippen LogP) is 4.29. The first-order valence-corrected chi connectivity index (χ1v) is 9.30. The van der Waals surface area contributed by atoms with E-state index in [0.717, 1.165) is 26.2 Å². The summed E-state index contributed by atoms with van der Waals surface area (Å²) in [5, 5.41) is 2.50. The van der Waals surface area contributed by atoms with Crippen molar-refractivity contribution in [2.24, 2.45) is 0 Å². The largest absolute Gasteiger partial charge is 0.378 e. The number of rotatable bonds is 3. The number of fused-ring (bicyclic) bond motifs is 3. The van der Waals surface area contributed by atoms with Gasteiger partial charge in [-0.15, -0.1) is 0 Å². The van der Waals surface area contributed by atoms with Crippen LogP contribution in [0.25, 0.3) is 16.3 Å². The van der Waals surface area contributed by atoms with Gasteiger partial charge in [0.1, 0.15) is 0 Å². The molecule has 3 nitrogen and oxygen atoms in total. The van der Waals surface area contributed by atoms with E-state index in [1.54, 1.807) is 0 Å². The molecule has 5 rings (SSSR count). The molecule has 2 bridgehead atoms. The molecule has 0 N–H and O–H groups in total. The van der Waals surface area contributed by atoms with Gasteiger partial charge in [0.05, 0.1) is 19.3 Å². The van der Waals surface area contributed by atoms with Gasteiger partial charge in [-0.2, -0.15) is 0 Å². The van der Waals surface area contributed by atoms with Crippen LogP contribution in [0.1, 0.15) is 17.5 Å². The van der Waals surface area contributed by atoms with Crippen LogP contribution in [0.3, 0.4) is 0 Å². The second kappa shape index (κ2) is 6.67. The highest BCUT2D eigenvalue weighted by Gasteiger charge is 2.35. The lowest BCUT2D eigenvalue weighted by Gasteiger charge is -2.45. The number of benzene rings is 2. The predicted molar refractivity (Wildman–Crippen MR) is 105 cm³/mol. The number of pyridine rings is 1. The molecule has 3 heterocycles. The SMILES string of the molecule is C1=C(c2cccc3cnccc23)CC2COCC1N2Cc1ccccc1. The molecule has 2 unspecified atom stereocenters. The molecule has 0 radical (unpaired) electrons. The van der Waals surface area contributed by atoms with Crippen LogP contribution in [0.15, 0.2) is 73.1 Å². The van der Waals surface area contributed by atoms with Crippen molar-refractivity contribution in [1.82, 2.24) is 9.88 Å². The van der Waals surface area contributed by atoms with Gasteiger partial charge in [-0.25, -0.2) is 0 Å². The van der Waals surface area contributed by atoms with E-state index in [4.69, 9.17) is 4.74 Å². The van der Waals surface area contributed by atoms with Gasteiger partial charge in [0.25, 0.3) is 0 Å². The maximum atomic E-state index is 5.88. The fourth-order valence-electron chi connectivity index (χ4n) is 4.30. The van der Waals surface area contributed by atoms with Crippen molar-refractivity contribution in [2.75, 3.05) is 13.2 Å². The van der Waals surface area contributed by atoms with Gasteiger partial charge < -0.3 is 4.74 Å². The number of hydrogen-bond donors (Lipinski definition) is 0. The summed E-state index contributed by atoms with van der Waals surface area (Å²) in [4.78, 5) is 6.87. The lowest BCUT2D eigenvalue weighted by Crippen LogP contribution is -2.53. The Kier molecular flexibility index (Phi) is 4.04.